The number of amides is 1. The lowest BCUT2D eigenvalue weighted by molar-refractivity contribution is 0.0565. The molecule has 0 saturated carbocycles. The first-order valence-corrected chi connectivity index (χ1v) is 9.75. The third-order valence-corrected chi connectivity index (χ3v) is 5.62. The van der Waals surface area contributed by atoms with E-state index in [1.165, 1.54) is 17.7 Å². The highest BCUT2D eigenvalue weighted by Crippen LogP contribution is 2.32. The highest BCUT2D eigenvalue weighted by molar-refractivity contribution is 5.94. The molecule has 2 fully saturated rings. The minimum atomic E-state index is 0.133. The fraction of sp³-hybridized carbons (Fsp3) is 0.348. The highest BCUT2D eigenvalue weighted by atomic mass is 16.2. The number of hydrogen-bond donors (Lipinski definition) is 1. The minimum absolute atomic E-state index is 0.133. The van der Waals surface area contributed by atoms with Gasteiger partial charge in [0.05, 0.1) is 0 Å². The molecule has 2 aromatic rings. The summed E-state index contributed by atoms with van der Waals surface area (Å²) in [6, 6.07) is 16.0. The molecule has 4 heteroatoms. The summed E-state index contributed by atoms with van der Waals surface area (Å²) in [4.78, 5) is 17.4. The van der Waals surface area contributed by atoms with Crippen LogP contribution in [0.4, 0.5) is 11.4 Å². The molecule has 2 aliphatic rings. The summed E-state index contributed by atoms with van der Waals surface area (Å²) in [5.41, 5.74) is 9.71. The maximum Gasteiger partial charge on any atom is 0.253 e. The van der Waals surface area contributed by atoms with Gasteiger partial charge in [-0.15, -0.1) is 0 Å². The van der Waals surface area contributed by atoms with Crippen molar-refractivity contribution in [1.29, 1.82) is 0 Å². The van der Waals surface area contributed by atoms with Crippen molar-refractivity contribution in [3.05, 3.63) is 65.7 Å². The van der Waals surface area contributed by atoms with Crippen LogP contribution in [0.25, 0.3) is 6.08 Å². The van der Waals surface area contributed by atoms with Crippen molar-refractivity contribution in [3.63, 3.8) is 0 Å². The van der Waals surface area contributed by atoms with Gasteiger partial charge in [0, 0.05) is 43.1 Å². The number of nitrogens with two attached hydrogens (primary N) is 1. The second kappa shape index (κ2) is 7.47. The Bertz CT molecular complexity index is 829. The SMILES string of the molecule is CC=Cc1cccc(N2CC3CC(CN(C(=O)c4ccc(N)cc4)C3)C2)c1. The van der Waals surface area contributed by atoms with E-state index < -0.39 is 0 Å². The van der Waals surface area contributed by atoms with E-state index in [1.807, 2.05) is 24.0 Å². The lowest BCUT2D eigenvalue weighted by Gasteiger charge is -2.46. The first-order valence-electron chi connectivity index (χ1n) is 9.75. The molecule has 0 spiro atoms. The zero-order valence-corrected chi connectivity index (χ0v) is 15.8. The molecule has 0 radical (unpaired) electrons. The lowest BCUT2D eigenvalue weighted by atomic mass is 9.84. The van der Waals surface area contributed by atoms with Gasteiger partial charge in [0.2, 0.25) is 0 Å². The van der Waals surface area contributed by atoms with Gasteiger partial charge in [-0.3, -0.25) is 4.79 Å². The largest absolute Gasteiger partial charge is 0.399 e. The average molecular weight is 361 g/mol. The number of fused-ring (bicyclic) bond motifs is 2. The maximum absolute atomic E-state index is 12.9. The van der Waals surface area contributed by atoms with Crippen molar-refractivity contribution in [1.82, 2.24) is 4.90 Å². The molecule has 0 aliphatic carbocycles. The van der Waals surface area contributed by atoms with Gasteiger partial charge in [-0.25, -0.2) is 0 Å². The summed E-state index contributed by atoms with van der Waals surface area (Å²) in [6.07, 6.45) is 5.43. The summed E-state index contributed by atoms with van der Waals surface area (Å²) < 4.78 is 0. The molecule has 2 N–H and O–H groups in total. The highest BCUT2D eigenvalue weighted by Gasteiger charge is 2.36. The summed E-state index contributed by atoms with van der Waals surface area (Å²) in [5, 5.41) is 0. The number of likely N-dealkylation sites (tertiary alicyclic amines) is 1. The molecule has 2 saturated heterocycles. The fourth-order valence-electron chi connectivity index (χ4n) is 4.48. The van der Waals surface area contributed by atoms with E-state index in [0.717, 1.165) is 31.7 Å². The number of benzene rings is 2. The van der Waals surface area contributed by atoms with Crippen LogP contribution in [-0.2, 0) is 0 Å². The van der Waals surface area contributed by atoms with Gasteiger partial charge in [0.1, 0.15) is 0 Å². The Kier molecular flexibility index (Phi) is 4.88. The monoisotopic (exact) mass is 361 g/mol. The predicted octanol–water partition coefficient (Wildman–Crippen LogP) is 3.90. The fourth-order valence-corrected chi connectivity index (χ4v) is 4.48. The Morgan fingerprint density at radius 3 is 2.41 bits per heavy atom. The first kappa shape index (κ1) is 17.7. The molecule has 140 valence electrons. The van der Waals surface area contributed by atoms with E-state index in [4.69, 9.17) is 5.73 Å². The van der Waals surface area contributed by atoms with Crippen LogP contribution < -0.4 is 10.6 Å². The van der Waals surface area contributed by atoms with Gasteiger partial charge in [-0.2, -0.15) is 0 Å². The Morgan fingerprint density at radius 1 is 1.04 bits per heavy atom. The van der Waals surface area contributed by atoms with Crippen molar-refractivity contribution in [2.75, 3.05) is 36.8 Å². The van der Waals surface area contributed by atoms with Gasteiger partial charge in [0.25, 0.3) is 5.91 Å². The zero-order chi connectivity index (χ0) is 18.8. The van der Waals surface area contributed by atoms with Crippen LogP contribution in [0.15, 0.2) is 54.6 Å². The summed E-state index contributed by atoms with van der Waals surface area (Å²) >= 11 is 0. The standard InChI is InChI=1S/C23H27N3O/c1-2-4-17-5-3-6-22(12-17)25-13-18-11-19(14-25)16-26(15-18)23(27)20-7-9-21(24)10-8-20/h2-10,12,18-19H,11,13-16,24H2,1H3. The van der Waals surface area contributed by atoms with Crippen LogP contribution in [-0.4, -0.2) is 37.0 Å². The van der Waals surface area contributed by atoms with Gasteiger partial charge >= 0.3 is 0 Å². The minimum Gasteiger partial charge on any atom is -0.399 e. The third-order valence-electron chi connectivity index (χ3n) is 5.62. The lowest BCUT2D eigenvalue weighted by Crippen LogP contribution is -2.54. The van der Waals surface area contributed by atoms with Crippen molar-refractivity contribution < 1.29 is 4.79 Å². The first-order chi connectivity index (χ1) is 13.1. The van der Waals surface area contributed by atoms with E-state index in [0.29, 0.717) is 17.5 Å². The molecule has 2 atom stereocenters. The molecule has 0 aromatic heterocycles. The van der Waals surface area contributed by atoms with Gasteiger partial charge in [0.15, 0.2) is 0 Å². The van der Waals surface area contributed by atoms with Crippen LogP contribution in [0.5, 0.6) is 0 Å². The van der Waals surface area contributed by atoms with Crippen LogP contribution in [0.1, 0.15) is 29.3 Å². The Morgan fingerprint density at radius 2 is 1.74 bits per heavy atom. The molecule has 2 heterocycles. The van der Waals surface area contributed by atoms with Gasteiger partial charge in [-0.05, 0) is 67.1 Å². The quantitative estimate of drug-likeness (QED) is 0.844. The summed E-state index contributed by atoms with van der Waals surface area (Å²) in [6.45, 7) is 5.75. The number of hydrogen-bond acceptors (Lipinski definition) is 3. The van der Waals surface area contributed by atoms with Gasteiger partial charge in [-0.1, -0.05) is 24.3 Å². The number of nitrogen functional groups attached to an aromatic ring is 1. The van der Waals surface area contributed by atoms with E-state index in [1.54, 1.807) is 12.1 Å². The molecule has 2 bridgehead atoms. The number of carbonyl (C=O) groups is 1. The zero-order valence-electron chi connectivity index (χ0n) is 15.8. The number of nitrogens with zero attached hydrogens (tertiary/aromatic N) is 2. The summed E-state index contributed by atoms with van der Waals surface area (Å²) in [7, 11) is 0. The van der Waals surface area contributed by atoms with Gasteiger partial charge < -0.3 is 15.5 Å². The number of carbonyl (C=O) groups excluding carboxylic acids is 1. The molecular weight excluding hydrogens is 334 g/mol. The molecule has 4 rings (SSSR count). The maximum atomic E-state index is 12.9. The van der Waals surface area contributed by atoms with Crippen molar-refractivity contribution in [2.45, 2.75) is 13.3 Å². The Hall–Kier alpha value is -2.75. The molecule has 2 aliphatic heterocycles. The molecular formula is C23H27N3O. The smallest absolute Gasteiger partial charge is 0.253 e. The van der Waals surface area contributed by atoms with Crippen LogP contribution >= 0.6 is 0 Å². The van der Waals surface area contributed by atoms with E-state index >= 15 is 0 Å². The Balaban J connectivity index is 1.46. The average Bonchev–Trinajstić information content (AvgIpc) is 2.68. The second-order valence-electron chi connectivity index (χ2n) is 7.80. The van der Waals surface area contributed by atoms with Crippen LogP contribution in [0.3, 0.4) is 0 Å². The molecule has 2 unspecified atom stereocenters. The molecule has 4 nitrogen and oxygen atoms in total. The number of allylic oxidation sites excluding steroid dienone is 1. The molecule has 27 heavy (non-hydrogen) atoms. The number of rotatable bonds is 3. The molecule has 1 amide bonds. The number of anilines is 2. The van der Waals surface area contributed by atoms with E-state index in [2.05, 4.69) is 41.3 Å². The molecule has 2 aromatic carbocycles. The van der Waals surface area contributed by atoms with Crippen molar-refractivity contribution in [2.24, 2.45) is 11.8 Å². The van der Waals surface area contributed by atoms with E-state index in [9.17, 15) is 4.79 Å². The van der Waals surface area contributed by atoms with Crippen LogP contribution in [0.2, 0.25) is 0 Å². The second-order valence-corrected chi connectivity index (χ2v) is 7.80. The third kappa shape index (κ3) is 3.85. The van der Waals surface area contributed by atoms with Crippen molar-refractivity contribution in [3.8, 4) is 0 Å². The van der Waals surface area contributed by atoms with Crippen LogP contribution in [0, 0.1) is 11.8 Å². The van der Waals surface area contributed by atoms with Crippen molar-refractivity contribution >= 4 is 23.4 Å². The number of piperidine rings is 2. The Labute approximate surface area is 161 Å². The van der Waals surface area contributed by atoms with E-state index in [-0.39, 0.29) is 5.91 Å². The predicted molar refractivity (Wildman–Crippen MR) is 112 cm³/mol. The summed E-state index contributed by atoms with van der Waals surface area (Å²) in [5.74, 6) is 1.19. The normalized spacial score (nSPS) is 22.3. The topological polar surface area (TPSA) is 49.6 Å².